The van der Waals surface area contributed by atoms with Crippen LogP contribution < -0.4 is 15.4 Å². The molecule has 10 heteroatoms. The van der Waals surface area contributed by atoms with Gasteiger partial charge in [0.25, 0.3) is 0 Å². The quantitative estimate of drug-likeness (QED) is 0.706. The van der Waals surface area contributed by atoms with Crippen LogP contribution in [0, 0.1) is 12.8 Å². The predicted octanol–water partition coefficient (Wildman–Crippen LogP) is 2.47. The maximum atomic E-state index is 12.2. The van der Waals surface area contributed by atoms with Crippen LogP contribution in [0.15, 0.2) is 28.6 Å². The SMILES string of the molecule is Cc1ccc(NC(=O)C(=O)Nc2ncc(S(C)(=O)=O)s2)c(OCC(C)C)c1. The smallest absolute Gasteiger partial charge is 0.315 e. The van der Waals surface area contributed by atoms with Crippen molar-refractivity contribution in [3.05, 3.63) is 30.0 Å². The molecule has 0 saturated heterocycles. The van der Waals surface area contributed by atoms with Crippen LogP contribution in [-0.4, -0.2) is 38.1 Å². The van der Waals surface area contributed by atoms with Crippen LogP contribution in [0.3, 0.4) is 0 Å². The fourth-order valence-corrected chi connectivity index (χ4v) is 3.56. The van der Waals surface area contributed by atoms with E-state index in [4.69, 9.17) is 4.74 Å². The molecule has 27 heavy (non-hydrogen) atoms. The van der Waals surface area contributed by atoms with E-state index in [0.29, 0.717) is 24.0 Å². The fraction of sp³-hybridized carbons (Fsp3) is 0.353. The van der Waals surface area contributed by atoms with Gasteiger partial charge in [0.1, 0.15) is 9.96 Å². The Kier molecular flexibility index (Phi) is 6.55. The lowest BCUT2D eigenvalue weighted by Gasteiger charge is -2.14. The van der Waals surface area contributed by atoms with Crippen molar-refractivity contribution in [1.29, 1.82) is 0 Å². The molecule has 2 amide bonds. The van der Waals surface area contributed by atoms with Crippen molar-refractivity contribution in [2.24, 2.45) is 5.92 Å². The van der Waals surface area contributed by atoms with Gasteiger partial charge >= 0.3 is 11.8 Å². The van der Waals surface area contributed by atoms with Crippen molar-refractivity contribution in [1.82, 2.24) is 4.98 Å². The second-order valence-electron chi connectivity index (χ2n) is 6.37. The van der Waals surface area contributed by atoms with Gasteiger partial charge in [0.2, 0.25) is 0 Å². The molecule has 8 nitrogen and oxygen atoms in total. The third-order valence-electron chi connectivity index (χ3n) is 3.23. The number of nitrogens with one attached hydrogen (secondary N) is 2. The summed E-state index contributed by atoms with van der Waals surface area (Å²) in [6, 6.07) is 5.21. The monoisotopic (exact) mass is 411 g/mol. The van der Waals surface area contributed by atoms with Crippen molar-refractivity contribution in [3.63, 3.8) is 0 Å². The third kappa shape index (κ3) is 6.04. The summed E-state index contributed by atoms with van der Waals surface area (Å²) in [5.74, 6) is -1.10. The van der Waals surface area contributed by atoms with Gasteiger partial charge in [-0.1, -0.05) is 31.3 Å². The van der Waals surface area contributed by atoms with Crippen LogP contribution >= 0.6 is 11.3 Å². The minimum Gasteiger partial charge on any atom is -0.491 e. The number of amides is 2. The zero-order chi connectivity index (χ0) is 20.2. The molecule has 0 aliphatic carbocycles. The number of benzene rings is 1. The number of carbonyl (C=O) groups is 2. The zero-order valence-electron chi connectivity index (χ0n) is 15.4. The Morgan fingerprint density at radius 2 is 1.89 bits per heavy atom. The van der Waals surface area contributed by atoms with Crippen LogP contribution in [-0.2, 0) is 19.4 Å². The molecule has 1 aromatic heterocycles. The van der Waals surface area contributed by atoms with Crippen molar-refractivity contribution in [2.75, 3.05) is 23.5 Å². The van der Waals surface area contributed by atoms with E-state index in [1.807, 2.05) is 20.8 Å². The maximum absolute atomic E-state index is 12.2. The molecule has 146 valence electrons. The summed E-state index contributed by atoms with van der Waals surface area (Å²) in [6.45, 7) is 6.36. The Labute approximate surface area is 161 Å². The highest BCUT2D eigenvalue weighted by atomic mass is 32.2. The van der Waals surface area contributed by atoms with Gasteiger partial charge in [0, 0.05) is 6.26 Å². The summed E-state index contributed by atoms with van der Waals surface area (Å²) >= 11 is 0.773. The Bertz CT molecular complexity index is 951. The molecule has 1 aromatic carbocycles. The van der Waals surface area contributed by atoms with E-state index in [2.05, 4.69) is 15.6 Å². The first kappa shape index (κ1) is 20.8. The summed E-state index contributed by atoms with van der Waals surface area (Å²) < 4.78 is 28.6. The third-order valence-corrected chi connectivity index (χ3v) is 5.94. The van der Waals surface area contributed by atoms with Crippen molar-refractivity contribution in [2.45, 2.75) is 25.0 Å². The molecule has 0 atom stereocenters. The molecule has 2 rings (SSSR count). The molecule has 0 unspecified atom stereocenters. The first-order valence-corrected chi connectivity index (χ1v) is 10.8. The van der Waals surface area contributed by atoms with E-state index in [-0.39, 0.29) is 9.34 Å². The molecule has 0 spiro atoms. The molecule has 0 saturated carbocycles. The fourth-order valence-electron chi connectivity index (χ4n) is 1.93. The van der Waals surface area contributed by atoms with Crippen LogP contribution in [0.5, 0.6) is 5.75 Å². The van der Waals surface area contributed by atoms with E-state index in [0.717, 1.165) is 29.4 Å². The summed E-state index contributed by atoms with van der Waals surface area (Å²) in [5, 5.41) is 4.81. The lowest BCUT2D eigenvalue weighted by atomic mass is 10.2. The highest BCUT2D eigenvalue weighted by molar-refractivity contribution is 7.92. The number of thiazole rings is 1. The number of anilines is 2. The highest BCUT2D eigenvalue weighted by Gasteiger charge is 2.19. The van der Waals surface area contributed by atoms with E-state index in [1.54, 1.807) is 18.2 Å². The topological polar surface area (TPSA) is 114 Å². The normalized spacial score (nSPS) is 11.3. The minimum absolute atomic E-state index is 0.00103. The molecule has 0 bridgehead atoms. The average Bonchev–Trinajstić information content (AvgIpc) is 3.03. The standard InChI is InChI=1S/C17H21N3O5S2/c1-10(2)9-25-13-7-11(3)5-6-12(13)19-15(21)16(22)20-17-18-8-14(26-17)27(4,23)24/h5-8,10H,9H2,1-4H3,(H,19,21)(H,18,20,22). The molecule has 2 N–H and O–H groups in total. The number of hydrogen-bond acceptors (Lipinski definition) is 7. The number of nitrogens with zero attached hydrogens (tertiary/aromatic N) is 1. The lowest BCUT2D eigenvalue weighted by molar-refractivity contribution is -0.133. The number of carbonyl (C=O) groups excluding carboxylic acids is 2. The zero-order valence-corrected chi connectivity index (χ0v) is 17.0. The van der Waals surface area contributed by atoms with Gasteiger partial charge in [-0.05, 0) is 30.5 Å². The van der Waals surface area contributed by atoms with Gasteiger partial charge in [-0.2, -0.15) is 0 Å². The molecule has 0 fully saturated rings. The van der Waals surface area contributed by atoms with E-state index >= 15 is 0 Å². The van der Waals surface area contributed by atoms with Gasteiger partial charge in [-0.25, -0.2) is 13.4 Å². The van der Waals surface area contributed by atoms with Crippen LogP contribution in [0.2, 0.25) is 0 Å². The highest BCUT2D eigenvalue weighted by Crippen LogP contribution is 2.27. The van der Waals surface area contributed by atoms with Crippen molar-refractivity contribution in [3.8, 4) is 5.75 Å². The number of rotatable bonds is 6. The van der Waals surface area contributed by atoms with Crippen molar-refractivity contribution >= 4 is 43.8 Å². The van der Waals surface area contributed by atoms with Gasteiger partial charge in [-0.3, -0.25) is 14.9 Å². The summed E-state index contributed by atoms with van der Waals surface area (Å²) in [7, 11) is -3.42. The van der Waals surface area contributed by atoms with Gasteiger partial charge in [0.05, 0.1) is 18.5 Å². The summed E-state index contributed by atoms with van der Waals surface area (Å²) in [5.41, 5.74) is 1.32. The Hall–Kier alpha value is -2.46. The van der Waals surface area contributed by atoms with Crippen LogP contribution in [0.25, 0.3) is 0 Å². The molecule has 0 aliphatic rings. The molecular weight excluding hydrogens is 390 g/mol. The first-order valence-electron chi connectivity index (χ1n) is 8.08. The number of hydrogen-bond donors (Lipinski definition) is 2. The Balaban J connectivity index is 2.08. The van der Waals surface area contributed by atoms with E-state index in [9.17, 15) is 18.0 Å². The molecular formula is C17H21N3O5S2. The number of aryl methyl sites for hydroxylation is 1. The number of ether oxygens (including phenoxy) is 1. The van der Waals surface area contributed by atoms with Crippen LogP contribution in [0.1, 0.15) is 19.4 Å². The minimum atomic E-state index is -3.42. The second kappa shape index (κ2) is 8.49. The second-order valence-corrected chi connectivity index (χ2v) is 9.64. The largest absolute Gasteiger partial charge is 0.491 e. The van der Waals surface area contributed by atoms with Crippen molar-refractivity contribution < 1.29 is 22.7 Å². The molecule has 2 aromatic rings. The number of sulfone groups is 1. The first-order chi connectivity index (χ1) is 12.6. The maximum Gasteiger partial charge on any atom is 0.315 e. The Morgan fingerprint density at radius 1 is 1.22 bits per heavy atom. The summed E-state index contributed by atoms with van der Waals surface area (Å²) in [4.78, 5) is 28.0. The van der Waals surface area contributed by atoms with E-state index < -0.39 is 21.7 Å². The lowest BCUT2D eigenvalue weighted by Crippen LogP contribution is -2.29. The Morgan fingerprint density at radius 3 is 2.48 bits per heavy atom. The molecule has 0 radical (unpaired) electrons. The van der Waals surface area contributed by atoms with Gasteiger partial charge in [0.15, 0.2) is 15.0 Å². The van der Waals surface area contributed by atoms with Gasteiger partial charge in [-0.15, -0.1) is 0 Å². The van der Waals surface area contributed by atoms with Gasteiger partial charge < -0.3 is 10.1 Å². The molecule has 0 aliphatic heterocycles. The average molecular weight is 412 g/mol. The van der Waals surface area contributed by atoms with Crippen LogP contribution in [0.4, 0.5) is 10.8 Å². The van der Waals surface area contributed by atoms with E-state index in [1.165, 1.54) is 0 Å². The molecule has 1 heterocycles. The number of aromatic nitrogens is 1. The summed E-state index contributed by atoms with van der Waals surface area (Å²) in [6.07, 6.45) is 2.17. The predicted molar refractivity (Wildman–Crippen MR) is 104 cm³/mol.